The van der Waals surface area contributed by atoms with Crippen LogP contribution in [0.4, 0.5) is 13.2 Å². The Bertz CT molecular complexity index is 1750. The number of hydrogen-bond acceptors (Lipinski definition) is 7. The standard InChI is InChI=1S/C39H51F3N6O6S/c1-39(2,3)38(32-19-27(30-20-28(41)9-10-31(30)42)24-47(32)23-26-7-5-4-6-8-26)48(17-13-29(43)21-40)36(52)25-55-18-14-34(50)44-15-16-45-35(51)22-46-33(49)11-12-37(53)54/h4-10,19-20,24,29,38H,11-18,21-23,25,43H2,1-3H3,(H,44,50)(H,45,51)(H,46,49)(H,53,54)/t29?,38-/m0/s1. The van der Waals surface area contributed by atoms with Crippen LogP contribution in [0.25, 0.3) is 11.1 Å². The van der Waals surface area contributed by atoms with E-state index in [4.69, 9.17) is 10.8 Å². The molecule has 55 heavy (non-hydrogen) atoms. The van der Waals surface area contributed by atoms with E-state index in [1.165, 1.54) is 11.8 Å². The van der Waals surface area contributed by atoms with Gasteiger partial charge in [0.15, 0.2) is 0 Å². The molecule has 0 aliphatic carbocycles. The van der Waals surface area contributed by atoms with Crippen molar-refractivity contribution in [3.8, 4) is 11.1 Å². The Hall–Kier alpha value is -4.83. The van der Waals surface area contributed by atoms with Crippen molar-refractivity contribution in [2.45, 2.75) is 65.1 Å². The number of carboxylic acid groups (broad SMARTS) is 1. The molecule has 300 valence electrons. The van der Waals surface area contributed by atoms with Crippen LogP contribution in [-0.2, 0) is 30.5 Å². The predicted octanol–water partition coefficient (Wildman–Crippen LogP) is 4.42. The number of nitrogens with one attached hydrogen (secondary N) is 3. The summed E-state index contributed by atoms with van der Waals surface area (Å²) in [6.07, 6.45) is 1.43. The van der Waals surface area contributed by atoms with Gasteiger partial charge in [0, 0.05) is 73.8 Å². The third-order valence-corrected chi connectivity index (χ3v) is 9.46. The van der Waals surface area contributed by atoms with E-state index < -0.39 is 53.6 Å². The van der Waals surface area contributed by atoms with Crippen LogP contribution in [0, 0.1) is 17.0 Å². The molecule has 1 unspecified atom stereocenters. The van der Waals surface area contributed by atoms with Crippen molar-refractivity contribution in [2.24, 2.45) is 11.1 Å². The maximum atomic E-state index is 15.1. The van der Waals surface area contributed by atoms with Gasteiger partial charge in [-0.1, -0.05) is 51.1 Å². The molecular formula is C39H51F3N6O6S. The third-order valence-electron chi connectivity index (χ3n) is 8.52. The highest BCUT2D eigenvalue weighted by molar-refractivity contribution is 7.99. The largest absolute Gasteiger partial charge is 0.481 e. The number of aliphatic carboxylic acids is 1. The predicted molar refractivity (Wildman–Crippen MR) is 206 cm³/mol. The van der Waals surface area contributed by atoms with Crippen molar-refractivity contribution in [2.75, 3.05) is 44.4 Å². The summed E-state index contributed by atoms with van der Waals surface area (Å²) in [4.78, 5) is 62.2. The first-order valence-corrected chi connectivity index (χ1v) is 19.1. The van der Waals surface area contributed by atoms with Gasteiger partial charge in [-0.3, -0.25) is 24.0 Å². The van der Waals surface area contributed by atoms with Gasteiger partial charge in [-0.25, -0.2) is 13.2 Å². The summed E-state index contributed by atoms with van der Waals surface area (Å²) >= 11 is 1.25. The number of aromatic nitrogens is 1. The summed E-state index contributed by atoms with van der Waals surface area (Å²) in [7, 11) is 0. The number of carbonyl (C=O) groups is 5. The van der Waals surface area contributed by atoms with Gasteiger partial charge in [0.25, 0.3) is 0 Å². The number of nitrogens with two attached hydrogens (primary N) is 1. The van der Waals surface area contributed by atoms with E-state index in [-0.39, 0.29) is 75.0 Å². The SMILES string of the molecule is CC(C)(C)[C@H](c1cc(-c2cc(F)ccc2F)cn1Cc1ccccc1)N(CCC(N)CF)C(=O)CSCCC(=O)NCCNC(=O)CNC(=O)CCC(=O)O. The zero-order valence-electron chi connectivity index (χ0n) is 31.4. The highest BCUT2D eigenvalue weighted by Crippen LogP contribution is 2.41. The number of amides is 4. The van der Waals surface area contributed by atoms with E-state index in [9.17, 15) is 32.8 Å². The molecule has 0 bridgehead atoms. The molecule has 3 rings (SSSR count). The maximum absolute atomic E-state index is 15.1. The molecule has 2 atom stereocenters. The summed E-state index contributed by atoms with van der Waals surface area (Å²) in [5.41, 5.74) is 7.52. The molecule has 16 heteroatoms. The highest BCUT2D eigenvalue weighted by Gasteiger charge is 2.37. The molecule has 2 aromatic carbocycles. The molecule has 0 saturated heterocycles. The normalized spacial score (nSPS) is 12.4. The Kier molecular flexibility index (Phi) is 17.7. The van der Waals surface area contributed by atoms with Crippen LogP contribution in [0.2, 0.25) is 0 Å². The number of nitrogens with zero attached hydrogens (tertiary/aromatic N) is 2. The van der Waals surface area contributed by atoms with Crippen molar-refractivity contribution >= 4 is 41.4 Å². The molecule has 1 aromatic heterocycles. The Labute approximate surface area is 323 Å². The number of hydrogen-bond donors (Lipinski definition) is 5. The average molecular weight is 789 g/mol. The van der Waals surface area contributed by atoms with Gasteiger partial charge in [-0.2, -0.15) is 11.8 Å². The Morgan fingerprint density at radius 3 is 2.24 bits per heavy atom. The second-order valence-electron chi connectivity index (χ2n) is 14.1. The van der Waals surface area contributed by atoms with Crippen LogP contribution in [0.1, 0.15) is 63.8 Å². The fourth-order valence-electron chi connectivity index (χ4n) is 5.84. The lowest BCUT2D eigenvalue weighted by Gasteiger charge is -2.41. The molecule has 4 amide bonds. The van der Waals surface area contributed by atoms with E-state index in [1.807, 2.05) is 55.7 Å². The van der Waals surface area contributed by atoms with Crippen molar-refractivity contribution in [1.82, 2.24) is 25.4 Å². The first-order valence-electron chi connectivity index (χ1n) is 18.0. The Morgan fingerprint density at radius 2 is 1.58 bits per heavy atom. The average Bonchev–Trinajstić information content (AvgIpc) is 3.54. The van der Waals surface area contributed by atoms with Crippen LogP contribution in [0.3, 0.4) is 0 Å². The molecule has 0 saturated carbocycles. The van der Waals surface area contributed by atoms with Crippen LogP contribution < -0.4 is 21.7 Å². The van der Waals surface area contributed by atoms with E-state index in [2.05, 4.69) is 16.0 Å². The molecular weight excluding hydrogens is 738 g/mol. The number of carboxylic acids is 1. The lowest BCUT2D eigenvalue weighted by atomic mass is 9.82. The summed E-state index contributed by atoms with van der Waals surface area (Å²) in [6, 6.07) is 13.2. The summed E-state index contributed by atoms with van der Waals surface area (Å²) < 4.78 is 44.9. The monoisotopic (exact) mass is 788 g/mol. The van der Waals surface area contributed by atoms with E-state index in [0.717, 1.165) is 23.8 Å². The van der Waals surface area contributed by atoms with E-state index in [0.29, 0.717) is 23.6 Å². The molecule has 1 heterocycles. The molecule has 0 aliphatic rings. The molecule has 12 nitrogen and oxygen atoms in total. The van der Waals surface area contributed by atoms with Crippen LogP contribution in [0.15, 0.2) is 60.8 Å². The van der Waals surface area contributed by atoms with Crippen LogP contribution in [0.5, 0.6) is 0 Å². The topological polar surface area (TPSA) is 176 Å². The number of carbonyl (C=O) groups excluding carboxylic acids is 4. The quantitative estimate of drug-likeness (QED) is 0.0931. The molecule has 0 aliphatic heterocycles. The zero-order chi connectivity index (χ0) is 40.5. The van der Waals surface area contributed by atoms with Crippen molar-refractivity contribution in [1.29, 1.82) is 0 Å². The van der Waals surface area contributed by atoms with E-state index in [1.54, 1.807) is 17.2 Å². The molecule has 6 N–H and O–H groups in total. The first kappa shape index (κ1) is 44.6. The van der Waals surface area contributed by atoms with Crippen molar-refractivity contribution in [3.63, 3.8) is 0 Å². The van der Waals surface area contributed by atoms with Gasteiger partial charge in [0.2, 0.25) is 23.6 Å². The number of rotatable bonds is 22. The Balaban J connectivity index is 1.70. The smallest absolute Gasteiger partial charge is 0.303 e. The maximum Gasteiger partial charge on any atom is 0.303 e. The highest BCUT2D eigenvalue weighted by atomic mass is 32.2. The fraction of sp³-hybridized carbons (Fsp3) is 0.462. The van der Waals surface area contributed by atoms with Gasteiger partial charge in [-0.05, 0) is 41.7 Å². The van der Waals surface area contributed by atoms with Crippen molar-refractivity contribution in [3.05, 3.63) is 83.7 Å². The minimum Gasteiger partial charge on any atom is -0.481 e. The number of alkyl halides is 1. The van der Waals surface area contributed by atoms with Gasteiger partial charge < -0.3 is 36.3 Å². The lowest BCUT2D eigenvalue weighted by molar-refractivity contribution is -0.139. The van der Waals surface area contributed by atoms with E-state index >= 15 is 4.39 Å². The molecule has 0 spiro atoms. The number of benzene rings is 2. The van der Waals surface area contributed by atoms with Crippen molar-refractivity contribution < 1.29 is 42.3 Å². The summed E-state index contributed by atoms with van der Waals surface area (Å²) in [6.45, 7) is 5.54. The molecule has 3 aromatic rings. The second-order valence-corrected chi connectivity index (χ2v) is 15.2. The number of thioether (sulfide) groups is 1. The number of halogens is 3. The minimum absolute atomic E-state index is 0.00371. The minimum atomic E-state index is -1.12. The van der Waals surface area contributed by atoms with Gasteiger partial charge in [-0.15, -0.1) is 0 Å². The first-order chi connectivity index (χ1) is 26.1. The van der Waals surface area contributed by atoms with Gasteiger partial charge >= 0.3 is 5.97 Å². The van der Waals surface area contributed by atoms with Gasteiger partial charge in [0.05, 0.1) is 24.8 Å². The summed E-state index contributed by atoms with van der Waals surface area (Å²) in [5, 5.41) is 16.2. The van der Waals surface area contributed by atoms with Gasteiger partial charge in [0.1, 0.15) is 18.3 Å². The second kappa shape index (κ2) is 21.9. The molecule has 0 fully saturated rings. The zero-order valence-corrected chi connectivity index (χ0v) is 32.2. The Morgan fingerprint density at radius 1 is 0.909 bits per heavy atom. The molecule has 0 radical (unpaired) electrons. The van der Waals surface area contributed by atoms with Crippen LogP contribution in [-0.4, -0.2) is 94.6 Å². The fourth-order valence-corrected chi connectivity index (χ4v) is 6.66. The summed E-state index contributed by atoms with van der Waals surface area (Å²) in [5.74, 6) is -3.63. The lowest BCUT2D eigenvalue weighted by Crippen LogP contribution is -2.45. The van der Waals surface area contributed by atoms with Crippen LogP contribution >= 0.6 is 11.8 Å². The third kappa shape index (κ3) is 15.1.